The SMILES string of the molecule is COCCn1nc(C(=O)N2CCN3CCCCC3C2)ccc1=O. The molecule has 1 amide bonds. The van der Waals surface area contributed by atoms with Crippen LogP contribution in [0.4, 0.5) is 0 Å². The lowest BCUT2D eigenvalue weighted by atomic mass is 9.99. The van der Waals surface area contributed by atoms with E-state index in [9.17, 15) is 9.59 Å². The Bertz CT molecular complexity index is 616. The summed E-state index contributed by atoms with van der Waals surface area (Å²) in [7, 11) is 1.57. The van der Waals surface area contributed by atoms with Crippen molar-refractivity contribution in [3.8, 4) is 0 Å². The number of fused-ring (bicyclic) bond motifs is 1. The number of hydrogen-bond donors (Lipinski definition) is 0. The van der Waals surface area contributed by atoms with Crippen molar-refractivity contribution >= 4 is 5.91 Å². The van der Waals surface area contributed by atoms with Crippen molar-refractivity contribution in [3.05, 3.63) is 28.2 Å². The molecule has 23 heavy (non-hydrogen) atoms. The average molecular weight is 320 g/mol. The van der Waals surface area contributed by atoms with E-state index >= 15 is 0 Å². The molecule has 0 saturated carbocycles. The van der Waals surface area contributed by atoms with E-state index in [1.54, 1.807) is 7.11 Å². The fraction of sp³-hybridized carbons (Fsp3) is 0.688. The summed E-state index contributed by atoms with van der Waals surface area (Å²) in [5, 5.41) is 4.21. The van der Waals surface area contributed by atoms with Crippen LogP contribution in [0.2, 0.25) is 0 Å². The van der Waals surface area contributed by atoms with Crippen molar-refractivity contribution < 1.29 is 9.53 Å². The van der Waals surface area contributed by atoms with Crippen LogP contribution in [-0.2, 0) is 11.3 Å². The fourth-order valence-electron chi connectivity index (χ4n) is 3.40. The molecular weight excluding hydrogens is 296 g/mol. The van der Waals surface area contributed by atoms with E-state index in [4.69, 9.17) is 4.74 Å². The Morgan fingerprint density at radius 3 is 3.00 bits per heavy atom. The molecule has 2 aliphatic rings. The second-order valence-electron chi connectivity index (χ2n) is 6.21. The van der Waals surface area contributed by atoms with Crippen molar-refractivity contribution in [2.75, 3.05) is 39.9 Å². The van der Waals surface area contributed by atoms with Gasteiger partial charge in [-0.3, -0.25) is 14.5 Å². The van der Waals surface area contributed by atoms with Crippen LogP contribution in [0, 0.1) is 0 Å². The zero-order valence-corrected chi connectivity index (χ0v) is 13.6. The molecule has 0 spiro atoms. The van der Waals surface area contributed by atoms with E-state index in [1.807, 2.05) is 4.90 Å². The summed E-state index contributed by atoms with van der Waals surface area (Å²) in [6.07, 6.45) is 3.66. The van der Waals surface area contributed by atoms with Crippen LogP contribution in [-0.4, -0.2) is 71.4 Å². The highest BCUT2D eigenvalue weighted by atomic mass is 16.5. The van der Waals surface area contributed by atoms with E-state index in [1.165, 1.54) is 29.7 Å². The van der Waals surface area contributed by atoms with Crippen molar-refractivity contribution in [3.63, 3.8) is 0 Å². The molecule has 2 fully saturated rings. The first kappa shape index (κ1) is 16.1. The molecule has 0 aromatic carbocycles. The monoisotopic (exact) mass is 320 g/mol. The zero-order chi connectivity index (χ0) is 16.2. The highest BCUT2D eigenvalue weighted by molar-refractivity contribution is 5.92. The number of carbonyl (C=O) groups excluding carboxylic acids is 1. The molecule has 2 aliphatic heterocycles. The van der Waals surface area contributed by atoms with Crippen molar-refractivity contribution in [1.82, 2.24) is 19.6 Å². The average Bonchev–Trinajstić information content (AvgIpc) is 2.60. The number of amides is 1. The molecule has 3 heterocycles. The third-order valence-corrected chi connectivity index (χ3v) is 4.72. The molecule has 1 aromatic heterocycles. The van der Waals surface area contributed by atoms with Gasteiger partial charge in [0.05, 0.1) is 13.2 Å². The molecule has 0 N–H and O–H groups in total. The normalized spacial score (nSPS) is 22.0. The van der Waals surface area contributed by atoms with Crippen LogP contribution in [0.3, 0.4) is 0 Å². The minimum atomic E-state index is -0.212. The van der Waals surface area contributed by atoms with Crippen LogP contribution < -0.4 is 5.56 Å². The molecule has 1 aromatic rings. The Morgan fingerprint density at radius 2 is 2.17 bits per heavy atom. The van der Waals surface area contributed by atoms with Gasteiger partial charge in [-0.25, -0.2) is 4.68 Å². The van der Waals surface area contributed by atoms with Gasteiger partial charge in [-0.15, -0.1) is 0 Å². The maximum absolute atomic E-state index is 12.7. The standard InChI is InChI=1S/C16H24N4O3/c1-23-11-10-20-15(21)6-5-14(17-20)16(22)19-9-8-18-7-3-2-4-13(18)12-19/h5-6,13H,2-4,7-12H2,1H3. The predicted octanol–water partition coefficient (Wildman–Crippen LogP) is 0.200. The molecule has 3 rings (SSSR count). The van der Waals surface area contributed by atoms with Crippen molar-refractivity contribution in [2.24, 2.45) is 0 Å². The first-order valence-corrected chi connectivity index (χ1v) is 8.29. The van der Waals surface area contributed by atoms with E-state index in [2.05, 4.69) is 10.00 Å². The van der Waals surface area contributed by atoms with E-state index in [0.717, 1.165) is 32.6 Å². The van der Waals surface area contributed by atoms with E-state index < -0.39 is 0 Å². The van der Waals surface area contributed by atoms with Crippen LogP contribution in [0.25, 0.3) is 0 Å². The minimum absolute atomic E-state index is 0.0820. The summed E-state index contributed by atoms with van der Waals surface area (Å²) in [6.45, 7) is 4.32. The topological polar surface area (TPSA) is 67.7 Å². The van der Waals surface area contributed by atoms with Crippen LogP contribution in [0.15, 0.2) is 16.9 Å². The lowest BCUT2D eigenvalue weighted by Crippen LogP contribution is -2.56. The number of piperidine rings is 1. The highest BCUT2D eigenvalue weighted by Crippen LogP contribution is 2.21. The smallest absolute Gasteiger partial charge is 0.274 e. The van der Waals surface area contributed by atoms with Gasteiger partial charge in [-0.05, 0) is 25.5 Å². The van der Waals surface area contributed by atoms with Crippen molar-refractivity contribution in [1.29, 1.82) is 0 Å². The van der Waals surface area contributed by atoms with Gasteiger partial charge in [-0.1, -0.05) is 6.42 Å². The van der Waals surface area contributed by atoms with Gasteiger partial charge in [-0.2, -0.15) is 5.10 Å². The molecule has 1 atom stereocenters. The molecule has 0 bridgehead atoms. The summed E-state index contributed by atoms with van der Waals surface area (Å²) in [5.41, 5.74) is 0.126. The summed E-state index contributed by atoms with van der Waals surface area (Å²) in [5.74, 6) is -0.0820. The van der Waals surface area contributed by atoms with E-state index in [0.29, 0.717) is 24.9 Å². The Balaban J connectivity index is 1.71. The maximum Gasteiger partial charge on any atom is 0.274 e. The Morgan fingerprint density at radius 1 is 1.30 bits per heavy atom. The van der Waals surface area contributed by atoms with Crippen LogP contribution >= 0.6 is 0 Å². The lowest BCUT2D eigenvalue weighted by Gasteiger charge is -2.43. The zero-order valence-electron chi connectivity index (χ0n) is 13.6. The summed E-state index contributed by atoms with van der Waals surface area (Å²) >= 11 is 0. The fourth-order valence-corrected chi connectivity index (χ4v) is 3.40. The molecule has 7 nitrogen and oxygen atoms in total. The lowest BCUT2D eigenvalue weighted by molar-refractivity contribution is 0.0366. The van der Waals surface area contributed by atoms with Gasteiger partial charge in [0.2, 0.25) is 0 Å². The molecule has 126 valence electrons. The Labute approximate surface area is 135 Å². The van der Waals surface area contributed by atoms with Crippen LogP contribution in [0.5, 0.6) is 0 Å². The van der Waals surface area contributed by atoms with Gasteiger partial charge in [0.1, 0.15) is 5.69 Å². The minimum Gasteiger partial charge on any atom is -0.383 e. The number of nitrogens with zero attached hydrogens (tertiary/aromatic N) is 4. The van der Waals surface area contributed by atoms with E-state index in [-0.39, 0.29) is 11.5 Å². The number of carbonyl (C=O) groups is 1. The molecular formula is C16H24N4O3. The van der Waals surface area contributed by atoms with Gasteiger partial charge in [0.25, 0.3) is 11.5 Å². The molecule has 1 unspecified atom stereocenters. The second kappa shape index (κ2) is 7.23. The van der Waals surface area contributed by atoms with Crippen molar-refractivity contribution in [2.45, 2.75) is 31.8 Å². The molecule has 0 aliphatic carbocycles. The van der Waals surface area contributed by atoms with Gasteiger partial charge in [0, 0.05) is 38.9 Å². The number of piperazine rings is 1. The predicted molar refractivity (Wildman–Crippen MR) is 85.5 cm³/mol. The van der Waals surface area contributed by atoms with Gasteiger partial charge < -0.3 is 9.64 Å². The molecule has 7 heteroatoms. The summed E-state index contributed by atoms with van der Waals surface area (Å²) in [4.78, 5) is 28.8. The van der Waals surface area contributed by atoms with Gasteiger partial charge >= 0.3 is 0 Å². The number of ether oxygens (including phenoxy) is 1. The molecule has 2 saturated heterocycles. The Kier molecular flexibility index (Phi) is 5.07. The summed E-state index contributed by atoms with van der Waals surface area (Å²) in [6, 6.07) is 3.41. The van der Waals surface area contributed by atoms with Crippen LogP contribution in [0.1, 0.15) is 29.8 Å². The largest absolute Gasteiger partial charge is 0.383 e. The quantitative estimate of drug-likeness (QED) is 0.793. The second-order valence-corrected chi connectivity index (χ2v) is 6.21. The number of aromatic nitrogens is 2. The Hall–Kier alpha value is -1.73. The summed E-state index contributed by atoms with van der Waals surface area (Å²) < 4.78 is 6.28. The third-order valence-electron chi connectivity index (χ3n) is 4.72. The number of hydrogen-bond acceptors (Lipinski definition) is 5. The first-order valence-electron chi connectivity index (χ1n) is 8.29. The van der Waals surface area contributed by atoms with Gasteiger partial charge in [0.15, 0.2) is 0 Å². The number of rotatable bonds is 4. The third kappa shape index (κ3) is 3.61. The highest BCUT2D eigenvalue weighted by Gasteiger charge is 2.31. The maximum atomic E-state index is 12.7. The molecule has 0 radical (unpaired) electrons. The first-order chi connectivity index (χ1) is 11.2. The number of methoxy groups -OCH3 is 1.